The van der Waals surface area contributed by atoms with E-state index >= 15 is 0 Å². The van der Waals surface area contributed by atoms with E-state index in [-0.39, 0.29) is 11.8 Å². The lowest BCUT2D eigenvalue weighted by Gasteiger charge is -2.31. The van der Waals surface area contributed by atoms with Crippen molar-refractivity contribution in [3.8, 4) is 0 Å². The van der Waals surface area contributed by atoms with E-state index in [4.69, 9.17) is 4.74 Å². The molecule has 0 aromatic heterocycles. The second kappa shape index (κ2) is 9.32. The van der Waals surface area contributed by atoms with Gasteiger partial charge in [-0.3, -0.25) is 19.5 Å². The van der Waals surface area contributed by atoms with Gasteiger partial charge in [-0.15, -0.1) is 0 Å². The van der Waals surface area contributed by atoms with Crippen molar-refractivity contribution in [3.63, 3.8) is 0 Å². The molecule has 2 aromatic rings. The molecule has 0 spiro atoms. The van der Waals surface area contributed by atoms with Crippen LogP contribution in [0.15, 0.2) is 53.5 Å². The fourth-order valence-corrected chi connectivity index (χ4v) is 4.00. The van der Waals surface area contributed by atoms with Gasteiger partial charge in [-0.2, -0.15) is 0 Å². The van der Waals surface area contributed by atoms with Crippen molar-refractivity contribution in [2.75, 3.05) is 44.3 Å². The minimum Gasteiger partial charge on any atom is -0.379 e. The lowest BCUT2D eigenvalue weighted by molar-refractivity contribution is -0.118. The van der Waals surface area contributed by atoms with Gasteiger partial charge in [0.25, 0.3) is 5.91 Å². The first-order valence-electron chi connectivity index (χ1n) is 10.5. The summed E-state index contributed by atoms with van der Waals surface area (Å²) in [5.74, 6) is -1.08. The molecule has 0 aliphatic carbocycles. The third kappa shape index (κ3) is 4.35. The maximum Gasteiger partial charge on any atom is 0.265 e. The summed E-state index contributed by atoms with van der Waals surface area (Å²) in [6.45, 7) is 7.09. The first-order chi connectivity index (χ1) is 14.6. The number of nitrogens with zero attached hydrogens (tertiary/aromatic N) is 3. The molecule has 1 atom stereocenters. The Morgan fingerprint density at radius 2 is 1.90 bits per heavy atom. The Bertz CT molecular complexity index is 950. The first kappa shape index (κ1) is 20.4. The molecule has 0 radical (unpaired) electrons. The second-order valence-corrected chi connectivity index (χ2v) is 7.75. The fourth-order valence-electron chi connectivity index (χ4n) is 4.00. The fraction of sp³-hybridized carbons (Fsp3) is 0.375. The van der Waals surface area contributed by atoms with Gasteiger partial charge in [-0.1, -0.05) is 30.3 Å². The first-order valence-corrected chi connectivity index (χ1v) is 10.5. The molecule has 4 rings (SSSR count). The summed E-state index contributed by atoms with van der Waals surface area (Å²) in [6, 6.07) is 14.8. The summed E-state index contributed by atoms with van der Waals surface area (Å²) in [6.07, 6.45) is 2.65. The number of ether oxygens (including phenoxy) is 1. The lowest BCUT2D eigenvalue weighted by Crippen LogP contribution is -2.45. The number of rotatable bonds is 6. The Hall–Kier alpha value is -2.83. The van der Waals surface area contributed by atoms with E-state index in [1.165, 1.54) is 4.90 Å². The molecule has 2 amide bonds. The van der Waals surface area contributed by atoms with Crippen LogP contribution in [0.25, 0.3) is 0 Å². The quantitative estimate of drug-likeness (QED) is 0.421. The molecule has 2 aromatic carbocycles. The van der Waals surface area contributed by atoms with Crippen LogP contribution >= 0.6 is 0 Å². The molecular weight excluding hydrogens is 378 g/mol. The van der Waals surface area contributed by atoms with Crippen molar-refractivity contribution < 1.29 is 14.3 Å². The predicted molar refractivity (Wildman–Crippen MR) is 117 cm³/mol. The van der Waals surface area contributed by atoms with E-state index in [1.54, 1.807) is 18.3 Å². The molecule has 0 bridgehead atoms. The largest absolute Gasteiger partial charge is 0.379 e. The number of benzene rings is 2. The van der Waals surface area contributed by atoms with Gasteiger partial charge in [-0.25, -0.2) is 4.90 Å². The van der Waals surface area contributed by atoms with Crippen molar-refractivity contribution in [1.29, 1.82) is 0 Å². The molecule has 6 nitrogen and oxygen atoms in total. The molecule has 156 valence electrons. The van der Waals surface area contributed by atoms with Crippen LogP contribution in [0.1, 0.15) is 33.8 Å². The van der Waals surface area contributed by atoms with Crippen molar-refractivity contribution >= 4 is 23.7 Å². The summed E-state index contributed by atoms with van der Waals surface area (Å²) >= 11 is 0. The molecule has 2 heterocycles. The molecule has 2 aliphatic heterocycles. The number of hydrogen-bond acceptors (Lipinski definition) is 5. The highest BCUT2D eigenvalue weighted by molar-refractivity contribution is 6.29. The normalized spacial score (nSPS) is 20.0. The molecule has 0 unspecified atom stereocenters. The van der Waals surface area contributed by atoms with Gasteiger partial charge < -0.3 is 4.74 Å². The van der Waals surface area contributed by atoms with Crippen molar-refractivity contribution in [1.82, 2.24) is 4.90 Å². The average Bonchev–Trinajstić information content (AvgIpc) is 2.76. The summed E-state index contributed by atoms with van der Waals surface area (Å²) < 4.78 is 5.37. The zero-order valence-electron chi connectivity index (χ0n) is 17.3. The Labute approximate surface area is 177 Å². The zero-order chi connectivity index (χ0) is 20.9. The molecule has 1 fully saturated rings. The molecule has 2 aliphatic rings. The van der Waals surface area contributed by atoms with Crippen molar-refractivity contribution in [3.05, 3.63) is 65.2 Å². The number of carbonyl (C=O) groups is 2. The van der Waals surface area contributed by atoms with E-state index in [0.29, 0.717) is 17.8 Å². The van der Waals surface area contributed by atoms with Crippen LogP contribution in [0.2, 0.25) is 0 Å². The highest BCUT2D eigenvalue weighted by Gasteiger charge is 2.38. The van der Waals surface area contributed by atoms with E-state index in [1.807, 2.05) is 43.3 Å². The average molecular weight is 405 g/mol. The maximum absolute atomic E-state index is 13.3. The molecule has 30 heavy (non-hydrogen) atoms. The number of aliphatic imine (C=N–C) groups is 1. The van der Waals surface area contributed by atoms with Crippen molar-refractivity contribution in [2.24, 2.45) is 4.99 Å². The van der Waals surface area contributed by atoms with E-state index in [9.17, 15) is 9.59 Å². The minimum atomic E-state index is -0.553. The second-order valence-electron chi connectivity index (χ2n) is 7.75. The van der Waals surface area contributed by atoms with Gasteiger partial charge in [0.1, 0.15) is 0 Å². The van der Waals surface area contributed by atoms with Gasteiger partial charge in [0, 0.05) is 38.0 Å². The third-order valence-corrected chi connectivity index (χ3v) is 5.60. The van der Waals surface area contributed by atoms with Crippen LogP contribution in [0, 0.1) is 6.92 Å². The van der Waals surface area contributed by atoms with Crippen LogP contribution in [-0.4, -0.2) is 62.3 Å². The Kier molecular flexibility index (Phi) is 6.35. The Morgan fingerprint density at radius 3 is 2.70 bits per heavy atom. The highest BCUT2D eigenvalue weighted by Crippen LogP contribution is 2.32. The molecule has 0 saturated carbocycles. The van der Waals surface area contributed by atoms with E-state index in [0.717, 1.165) is 50.4 Å². The Balaban J connectivity index is 1.51. The van der Waals surface area contributed by atoms with Crippen LogP contribution in [0.4, 0.5) is 5.69 Å². The SMILES string of the molecule is Cc1cccc(N2C(=O)c3ccccc3[C@@H](C=NCCCN3CCOCC3)C2=O)c1. The monoisotopic (exact) mass is 405 g/mol. The van der Waals surface area contributed by atoms with Gasteiger partial charge >= 0.3 is 0 Å². The van der Waals surface area contributed by atoms with Gasteiger partial charge in [0.05, 0.1) is 24.8 Å². The Morgan fingerprint density at radius 1 is 1.10 bits per heavy atom. The standard InChI is InChI=1S/C24H27N3O3/c1-18-6-4-7-19(16-18)27-23(28)21-9-3-2-8-20(21)22(24(27)29)17-25-10-5-11-26-12-14-30-15-13-26/h2-4,6-9,16-17,22H,5,10-15H2,1H3/t22-/m1/s1. The number of amides is 2. The summed E-state index contributed by atoms with van der Waals surface area (Å²) in [5.41, 5.74) is 2.89. The summed E-state index contributed by atoms with van der Waals surface area (Å²) in [5, 5.41) is 0. The van der Waals surface area contributed by atoms with Crippen LogP contribution in [-0.2, 0) is 9.53 Å². The topological polar surface area (TPSA) is 62.2 Å². The van der Waals surface area contributed by atoms with Crippen molar-refractivity contribution in [2.45, 2.75) is 19.3 Å². The minimum absolute atomic E-state index is 0.249. The molecule has 0 N–H and O–H groups in total. The predicted octanol–water partition coefficient (Wildman–Crippen LogP) is 3.06. The number of imide groups is 1. The van der Waals surface area contributed by atoms with Gasteiger partial charge in [0.15, 0.2) is 0 Å². The van der Waals surface area contributed by atoms with Crippen LogP contribution in [0.3, 0.4) is 0 Å². The third-order valence-electron chi connectivity index (χ3n) is 5.60. The maximum atomic E-state index is 13.3. The number of fused-ring (bicyclic) bond motifs is 1. The number of carbonyl (C=O) groups excluding carboxylic acids is 2. The number of morpholine rings is 1. The van der Waals surface area contributed by atoms with E-state index in [2.05, 4.69) is 9.89 Å². The van der Waals surface area contributed by atoms with Gasteiger partial charge in [-0.05, 0) is 42.7 Å². The summed E-state index contributed by atoms with van der Waals surface area (Å²) in [7, 11) is 0. The van der Waals surface area contributed by atoms with E-state index < -0.39 is 5.92 Å². The molecular formula is C24H27N3O3. The highest BCUT2D eigenvalue weighted by atomic mass is 16.5. The van der Waals surface area contributed by atoms with Gasteiger partial charge in [0.2, 0.25) is 5.91 Å². The number of aryl methyl sites for hydroxylation is 1. The smallest absolute Gasteiger partial charge is 0.265 e. The molecule has 1 saturated heterocycles. The van der Waals surface area contributed by atoms with Crippen LogP contribution in [0.5, 0.6) is 0 Å². The zero-order valence-corrected chi connectivity index (χ0v) is 17.3. The number of anilines is 1. The molecule has 6 heteroatoms. The lowest BCUT2D eigenvalue weighted by atomic mass is 9.88. The summed E-state index contributed by atoms with van der Waals surface area (Å²) in [4.78, 5) is 34.6. The van der Waals surface area contributed by atoms with Crippen LogP contribution < -0.4 is 4.90 Å². The number of hydrogen-bond donors (Lipinski definition) is 0.